The molecule has 2 aromatic heterocycles. The second-order valence-corrected chi connectivity index (χ2v) is 9.10. The molecule has 3 heterocycles. The van der Waals surface area contributed by atoms with Gasteiger partial charge in [-0.2, -0.15) is 0 Å². The fourth-order valence-corrected chi connectivity index (χ4v) is 4.36. The van der Waals surface area contributed by atoms with E-state index in [0.29, 0.717) is 41.6 Å². The van der Waals surface area contributed by atoms with E-state index in [1.165, 1.54) is 11.8 Å². The van der Waals surface area contributed by atoms with Gasteiger partial charge in [0, 0.05) is 33.4 Å². The smallest absolute Gasteiger partial charge is 0.225 e. The SMILES string of the molecule is COCOc1cc(OCOC)c(C(C)C)cc1-c1nnc(SC)n1-c1cnc(N2CCOCC2)nc1. The summed E-state index contributed by atoms with van der Waals surface area (Å²) in [4.78, 5) is 11.4. The molecule has 11 nitrogen and oxygen atoms in total. The topological polar surface area (TPSA) is 106 Å². The van der Waals surface area contributed by atoms with Crippen LogP contribution in [0, 0.1) is 0 Å². The highest BCUT2D eigenvalue weighted by Crippen LogP contribution is 2.40. The predicted octanol–water partition coefficient (Wildman–Crippen LogP) is 3.37. The van der Waals surface area contributed by atoms with Crippen LogP contribution in [0.5, 0.6) is 11.5 Å². The highest BCUT2D eigenvalue weighted by atomic mass is 32.2. The van der Waals surface area contributed by atoms with Crippen molar-refractivity contribution in [1.82, 2.24) is 24.7 Å². The van der Waals surface area contributed by atoms with Gasteiger partial charge in [0.05, 0.1) is 36.9 Å². The Bertz CT molecular complexity index is 1130. The van der Waals surface area contributed by atoms with Gasteiger partial charge >= 0.3 is 0 Å². The van der Waals surface area contributed by atoms with E-state index in [9.17, 15) is 0 Å². The molecule has 36 heavy (non-hydrogen) atoms. The van der Waals surface area contributed by atoms with E-state index in [4.69, 9.17) is 23.7 Å². The third kappa shape index (κ3) is 5.72. The van der Waals surface area contributed by atoms with Crippen molar-refractivity contribution in [3.8, 4) is 28.6 Å². The largest absolute Gasteiger partial charge is 0.467 e. The lowest BCUT2D eigenvalue weighted by atomic mass is 9.98. The van der Waals surface area contributed by atoms with Crippen LogP contribution in [0.1, 0.15) is 25.3 Å². The molecule has 0 saturated carbocycles. The zero-order chi connectivity index (χ0) is 25.5. The van der Waals surface area contributed by atoms with Crippen molar-refractivity contribution in [3.05, 3.63) is 30.1 Å². The van der Waals surface area contributed by atoms with Crippen LogP contribution in [0.25, 0.3) is 17.1 Å². The third-order valence-corrected chi connectivity index (χ3v) is 6.26. The number of hydrogen-bond acceptors (Lipinski definition) is 11. The lowest BCUT2D eigenvalue weighted by Gasteiger charge is -2.26. The van der Waals surface area contributed by atoms with Gasteiger partial charge < -0.3 is 28.6 Å². The minimum absolute atomic E-state index is 0.0681. The number of thioether (sulfide) groups is 1. The van der Waals surface area contributed by atoms with Crippen molar-refractivity contribution in [2.45, 2.75) is 24.9 Å². The Morgan fingerprint density at radius 1 is 0.972 bits per heavy atom. The van der Waals surface area contributed by atoms with Gasteiger partial charge in [0.25, 0.3) is 0 Å². The quantitative estimate of drug-likeness (QED) is 0.277. The normalized spacial score (nSPS) is 13.9. The van der Waals surface area contributed by atoms with Crippen LogP contribution in [-0.2, 0) is 14.2 Å². The molecule has 0 aliphatic carbocycles. The molecule has 0 radical (unpaired) electrons. The van der Waals surface area contributed by atoms with Gasteiger partial charge in [-0.05, 0) is 23.8 Å². The number of anilines is 1. The summed E-state index contributed by atoms with van der Waals surface area (Å²) in [5.74, 6) is 2.69. The molecule has 194 valence electrons. The van der Waals surface area contributed by atoms with E-state index in [1.54, 1.807) is 26.6 Å². The van der Waals surface area contributed by atoms with E-state index in [-0.39, 0.29) is 19.5 Å². The fraction of sp³-hybridized carbons (Fsp3) is 0.500. The van der Waals surface area contributed by atoms with Gasteiger partial charge in [-0.15, -0.1) is 10.2 Å². The van der Waals surface area contributed by atoms with Crippen molar-refractivity contribution in [2.24, 2.45) is 0 Å². The van der Waals surface area contributed by atoms with Gasteiger partial charge in [0.2, 0.25) is 5.95 Å². The van der Waals surface area contributed by atoms with Crippen LogP contribution >= 0.6 is 11.8 Å². The first-order valence-electron chi connectivity index (χ1n) is 11.6. The predicted molar refractivity (Wildman–Crippen MR) is 136 cm³/mol. The van der Waals surface area contributed by atoms with Crippen molar-refractivity contribution in [2.75, 3.05) is 65.3 Å². The summed E-state index contributed by atoms with van der Waals surface area (Å²) >= 11 is 1.49. The minimum Gasteiger partial charge on any atom is -0.467 e. The Labute approximate surface area is 215 Å². The zero-order valence-electron chi connectivity index (χ0n) is 21.3. The molecule has 1 aliphatic heterocycles. The van der Waals surface area contributed by atoms with E-state index in [0.717, 1.165) is 29.9 Å². The summed E-state index contributed by atoms with van der Waals surface area (Å²) in [6, 6.07) is 3.87. The van der Waals surface area contributed by atoms with Gasteiger partial charge in [0.1, 0.15) is 11.5 Å². The molecule has 3 aromatic rings. The number of benzene rings is 1. The molecule has 1 aromatic carbocycles. The molecule has 0 atom stereocenters. The summed E-state index contributed by atoms with van der Waals surface area (Å²) in [5, 5.41) is 9.66. The maximum absolute atomic E-state index is 5.95. The summed E-state index contributed by atoms with van der Waals surface area (Å²) < 4.78 is 29.5. The highest BCUT2D eigenvalue weighted by molar-refractivity contribution is 7.98. The Morgan fingerprint density at radius 3 is 2.25 bits per heavy atom. The number of nitrogens with zero attached hydrogens (tertiary/aromatic N) is 6. The molecule has 0 spiro atoms. The molecule has 12 heteroatoms. The Morgan fingerprint density at radius 2 is 1.64 bits per heavy atom. The van der Waals surface area contributed by atoms with Crippen molar-refractivity contribution < 1.29 is 23.7 Å². The molecule has 4 rings (SSSR count). The van der Waals surface area contributed by atoms with Crippen LogP contribution in [0.3, 0.4) is 0 Å². The monoisotopic (exact) mass is 516 g/mol. The second kappa shape index (κ2) is 12.3. The summed E-state index contributed by atoms with van der Waals surface area (Å²) in [5.41, 5.74) is 2.50. The molecule has 0 N–H and O–H groups in total. The number of rotatable bonds is 11. The third-order valence-electron chi connectivity index (χ3n) is 5.63. The van der Waals surface area contributed by atoms with Gasteiger partial charge in [-0.25, -0.2) is 9.97 Å². The number of hydrogen-bond donors (Lipinski definition) is 0. The average Bonchev–Trinajstić information content (AvgIpc) is 3.35. The molecular weight excluding hydrogens is 484 g/mol. The van der Waals surface area contributed by atoms with E-state index in [2.05, 4.69) is 38.9 Å². The highest BCUT2D eigenvalue weighted by Gasteiger charge is 2.23. The first-order chi connectivity index (χ1) is 17.6. The Kier molecular flexibility index (Phi) is 8.97. The number of methoxy groups -OCH3 is 2. The standard InChI is InChI=1S/C24H32N6O5S/c1-16(2)18-10-19(21(35-15-32-4)11-20(18)34-14-31-3)22-27-28-24(36-5)30(22)17-12-25-23(26-13-17)29-6-8-33-9-7-29/h10-13,16H,6-9,14-15H2,1-5H3. The fourth-order valence-electron chi connectivity index (χ4n) is 3.86. The average molecular weight is 517 g/mol. The van der Waals surface area contributed by atoms with Crippen LogP contribution in [0.2, 0.25) is 0 Å². The number of aromatic nitrogens is 5. The Balaban J connectivity index is 1.79. The maximum atomic E-state index is 5.95. The second-order valence-electron chi connectivity index (χ2n) is 8.33. The summed E-state index contributed by atoms with van der Waals surface area (Å²) in [7, 11) is 3.16. The van der Waals surface area contributed by atoms with Crippen molar-refractivity contribution in [3.63, 3.8) is 0 Å². The first kappa shape index (κ1) is 26.1. The lowest BCUT2D eigenvalue weighted by molar-refractivity contribution is 0.0457. The van der Waals surface area contributed by atoms with Crippen molar-refractivity contribution in [1.29, 1.82) is 0 Å². The Hall–Kier alpha value is -2.93. The summed E-state index contributed by atoms with van der Waals surface area (Å²) in [6.07, 6.45) is 5.54. The lowest BCUT2D eigenvalue weighted by Crippen LogP contribution is -2.37. The van der Waals surface area contributed by atoms with E-state index in [1.807, 2.05) is 23.0 Å². The molecule has 0 amide bonds. The van der Waals surface area contributed by atoms with Gasteiger partial charge in [-0.1, -0.05) is 25.6 Å². The zero-order valence-corrected chi connectivity index (χ0v) is 22.1. The molecular formula is C24H32N6O5S. The van der Waals surface area contributed by atoms with Crippen LogP contribution in [-0.4, -0.2) is 85.1 Å². The van der Waals surface area contributed by atoms with Crippen LogP contribution < -0.4 is 14.4 Å². The first-order valence-corrected chi connectivity index (χ1v) is 12.9. The number of morpholine rings is 1. The minimum atomic E-state index is 0.0681. The molecule has 0 bridgehead atoms. The maximum Gasteiger partial charge on any atom is 0.225 e. The summed E-state index contributed by atoms with van der Waals surface area (Å²) in [6.45, 7) is 7.27. The molecule has 1 aliphatic rings. The van der Waals surface area contributed by atoms with Crippen LogP contribution in [0.15, 0.2) is 29.7 Å². The van der Waals surface area contributed by atoms with Gasteiger partial charge in [0.15, 0.2) is 24.6 Å². The van der Waals surface area contributed by atoms with E-state index >= 15 is 0 Å². The van der Waals surface area contributed by atoms with E-state index < -0.39 is 0 Å². The van der Waals surface area contributed by atoms with Crippen LogP contribution in [0.4, 0.5) is 5.95 Å². The number of ether oxygens (including phenoxy) is 5. The van der Waals surface area contributed by atoms with Gasteiger partial charge in [-0.3, -0.25) is 4.57 Å². The molecule has 1 saturated heterocycles. The molecule has 0 unspecified atom stereocenters. The van der Waals surface area contributed by atoms with Crippen molar-refractivity contribution >= 4 is 17.7 Å². The molecule has 1 fully saturated rings.